The number of amides is 1. The molecule has 0 saturated carbocycles. The Balaban J connectivity index is 1.85. The number of carbonyl (C=O) groups excluding carboxylic acids is 1. The van der Waals surface area contributed by atoms with E-state index >= 15 is 0 Å². The highest BCUT2D eigenvalue weighted by Crippen LogP contribution is 2.46. The first kappa shape index (κ1) is 27.0. The molecule has 4 rings (SSSR count). The van der Waals surface area contributed by atoms with E-state index < -0.39 is 17.6 Å². The van der Waals surface area contributed by atoms with Gasteiger partial charge in [0.2, 0.25) is 5.90 Å². The number of hydroxylamine groups is 1. The number of aliphatic imine (C=N–C) groups is 1. The number of azide groups is 2. The third kappa shape index (κ3) is 5.77. The van der Waals surface area contributed by atoms with Crippen LogP contribution in [0.25, 0.3) is 20.9 Å². The van der Waals surface area contributed by atoms with Gasteiger partial charge in [0.1, 0.15) is 5.75 Å². The van der Waals surface area contributed by atoms with Crippen molar-refractivity contribution in [3.05, 3.63) is 110 Å². The van der Waals surface area contributed by atoms with Crippen LogP contribution >= 0.6 is 0 Å². The van der Waals surface area contributed by atoms with Gasteiger partial charge in [0, 0.05) is 51.8 Å². The van der Waals surface area contributed by atoms with Crippen LogP contribution in [0.4, 0.5) is 11.4 Å². The molecule has 1 aliphatic heterocycles. The predicted octanol–water partition coefficient (Wildman–Crippen LogP) is 5.34. The number of carbonyl (C=O) groups is 1. The van der Waals surface area contributed by atoms with Crippen molar-refractivity contribution < 1.29 is 24.6 Å². The van der Waals surface area contributed by atoms with Crippen LogP contribution in [0.15, 0.2) is 88.0 Å². The average Bonchev–Trinajstić information content (AvgIpc) is 3.35. The van der Waals surface area contributed by atoms with Crippen molar-refractivity contribution in [1.82, 2.24) is 5.48 Å². The number of rotatable bonds is 11. The third-order valence-corrected chi connectivity index (χ3v) is 6.11. The zero-order valence-electron chi connectivity index (χ0n) is 20.6. The van der Waals surface area contributed by atoms with Crippen LogP contribution in [-0.2, 0) is 16.0 Å². The Kier molecular flexibility index (Phi) is 8.62. The second-order valence-electron chi connectivity index (χ2n) is 8.47. The summed E-state index contributed by atoms with van der Waals surface area (Å²) >= 11 is 0. The number of hydrogen-bond donors (Lipinski definition) is 3. The molecule has 0 aromatic heterocycles. The molecule has 13 heteroatoms. The lowest BCUT2D eigenvalue weighted by Crippen LogP contribution is -2.49. The molecule has 0 aliphatic carbocycles. The predicted molar refractivity (Wildman–Crippen MR) is 141 cm³/mol. The fraction of sp³-hybridized carbons (Fsp3) is 0.231. The first-order valence-corrected chi connectivity index (χ1v) is 11.9. The van der Waals surface area contributed by atoms with Crippen LogP contribution in [0.3, 0.4) is 0 Å². The SMILES string of the molecule is [N-]=[N+]=Nc1ccccc1C[C@]1(C(=O)NO)N=C(c2ccc(OCCCO)cc2)O[C@H]1c1ccccc1N=[N+]=[N-]. The average molecular weight is 529 g/mol. The minimum Gasteiger partial charge on any atom is -0.494 e. The molecule has 1 heterocycles. The van der Waals surface area contributed by atoms with Crippen molar-refractivity contribution in [3.63, 3.8) is 0 Å². The Morgan fingerprint density at radius 2 is 1.69 bits per heavy atom. The van der Waals surface area contributed by atoms with E-state index in [0.29, 0.717) is 35.5 Å². The van der Waals surface area contributed by atoms with Gasteiger partial charge < -0.3 is 14.6 Å². The fourth-order valence-corrected chi connectivity index (χ4v) is 4.30. The van der Waals surface area contributed by atoms with Crippen LogP contribution in [0.1, 0.15) is 29.2 Å². The van der Waals surface area contributed by atoms with Crippen LogP contribution in [0, 0.1) is 0 Å². The minimum absolute atomic E-state index is 0.0131. The van der Waals surface area contributed by atoms with E-state index in [2.05, 4.69) is 20.1 Å². The highest BCUT2D eigenvalue weighted by molar-refractivity contribution is 6.01. The van der Waals surface area contributed by atoms with Crippen molar-refractivity contribution >= 4 is 23.2 Å². The molecule has 3 aromatic carbocycles. The van der Waals surface area contributed by atoms with Crippen molar-refractivity contribution in [1.29, 1.82) is 0 Å². The van der Waals surface area contributed by atoms with Crippen LogP contribution in [0.5, 0.6) is 5.75 Å². The topological polar surface area (TPSA) is 198 Å². The lowest BCUT2D eigenvalue weighted by molar-refractivity contribution is -0.137. The largest absolute Gasteiger partial charge is 0.494 e. The zero-order valence-corrected chi connectivity index (χ0v) is 20.6. The number of hydrogen-bond acceptors (Lipinski definition) is 8. The lowest BCUT2D eigenvalue weighted by Gasteiger charge is -2.30. The van der Waals surface area contributed by atoms with Gasteiger partial charge in [-0.2, -0.15) is 0 Å². The van der Waals surface area contributed by atoms with Crippen molar-refractivity contribution in [2.45, 2.75) is 24.5 Å². The van der Waals surface area contributed by atoms with E-state index in [1.807, 2.05) is 0 Å². The molecule has 39 heavy (non-hydrogen) atoms. The summed E-state index contributed by atoms with van der Waals surface area (Å²) in [5.41, 5.74) is 20.0. The van der Waals surface area contributed by atoms with Gasteiger partial charge in [0.25, 0.3) is 5.91 Å². The van der Waals surface area contributed by atoms with Crippen LogP contribution in [0.2, 0.25) is 0 Å². The molecule has 0 saturated heterocycles. The van der Waals surface area contributed by atoms with E-state index in [4.69, 9.17) is 30.6 Å². The van der Waals surface area contributed by atoms with Gasteiger partial charge in [0.05, 0.1) is 6.61 Å². The van der Waals surface area contributed by atoms with Crippen molar-refractivity contribution in [2.24, 2.45) is 15.2 Å². The van der Waals surface area contributed by atoms with Gasteiger partial charge in [-0.3, -0.25) is 10.0 Å². The van der Waals surface area contributed by atoms with Crippen molar-refractivity contribution in [2.75, 3.05) is 13.2 Å². The Hall–Kier alpha value is -5.06. The molecule has 2 atom stereocenters. The summed E-state index contributed by atoms with van der Waals surface area (Å²) in [7, 11) is 0. The number of nitrogens with zero attached hydrogens (tertiary/aromatic N) is 7. The quantitative estimate of drug-likeness (QED) is 0.0752. The number of aliphatic hydroxyl groups is 1. The molecular formula is C26H24N8O5. The van der Waals surface area contributed by atoms with Gasteiger partial charge >= 0.3 is 0 Å². The first-order valence-electron chi connectivity index (χ1n) is 11.9. The van der Waals surface area contributed by atoms with E-state index in [9.17, 15) is 10.0 Å². The number of benzene rings is 3. The number of ether oxygens (including phenoxy) is 2. The molecular weight excluding hydrogens is 504 g/mol. The molecule has 3 N–H and O–H groups in total. The summed E-state index contributed by atoms with van der Waals surface area (Å²) < 4.78 is 11.9. The van der Waals surface area contributed by atoms with Gasteiger partial charge in [-0.15, -0.1) is 0 Å². The van der Waals surface area contributed by atoms with Crippen molar-refractivity contribution in [3.8, 4) is 5.75 Å². The summed E-state index contributed by atoms with van der Waals surface area (Å²) in [4.78, 5) is 23.9. The minimum atomic E-state index is -1.79. The van der Waals surface area contributed by atoms with E-state index in [0.717, 1.165) is 0 Å². The number of nitrogens with one attached hydrogen (secondary N) is 1. The smallest absolute Gasteiger partial charge is 0.275 e. The number of aliphatic hydroxyl groups excluding tert-OH is 1. The molecule has 198 valence electrons. The normalized spacial score (nSPS) is 17.7. The highest BCUT2D eigenvalue weighted by Gasteiger charge is 2.54. The second kappa shape index (κ2) is 12.5. The Morgan fingerprint density at radius 1 is 1.03 bits per heavy atom. The molecule has 13 nitrogen and oxygen atoms in total. The Bertz CT molecular complexity index is 1470. The summed E-state index contributed by atoms with van der Waals surface area (Å²) in [6.45, 7) is 0.356. The highest BCUT2D eigenvalue weighted by atomic mass is 16.5. The molecule has 0 spiro atoms. The van der Waals surface area contributed by atoms with E-state index in [-0.39, 0.29) is 30.3 Å². The maximum absolute atomic E-state index is 13.4. The molecule has 0 radical (unpaired) electrons. The van der Waals surface area contributed by atoms with Gasteiger partial charge in [0.15, 0.2) is 11.6 Å². The summed E-state index contributed by atoms with van der Waals surface area (Å²) in [6.07, 6.45) is -0.781. The van der Waals surface area contributed by atoms with Gasteiger partial charge in [-0.05, 0) is 40.9 Å². The standard InChI is InChI=1S/C26H24N8O5/c27-33-30-21-8-3-1-6-18(21)16-26(25(36)32-37)23(20-7-2-4-9-22(20)31-34-28)39-24(29-26)17-10-12-19(13-11-17)38-15-5-14-35/h1-4,6-13,23,35,37H,5,14-16H2,(H,32,36)/t23-,26-/m0/s1. The Labute approximate surface area is 222 Å². The summed E-state index contributed by atoms with van der Waals surface area (Å²) in [5.74, 6) is -0.209. The maximum Gasteiger partial charge on any atom is 0.275 e. The van der Waals surface area contributed by atoms with E-state index in [1.165, 1.54) is 0 Å². The molecule has 1 aliphatic rings. The maximum atomic E-state index is 13.4. The zero-order chi connectivity index (χ0) is 27.7. The monoisotopic (exact) mass is 528 g/mol. The molecule has 0 bridgehead atoms. The molecule has 1 amide bonds. The first-order chi connectivity index (χ1) is 19.1. The lowest BCUT2D eigenvalue weighted by atomic mass is 9.81. The molecule has 0 unspecified atom stereocenters. The van der Waals surface area contributed by atoms with Crippen LogP contribution in [-0.4, -0.2) is 40.9 Å². The van der Waals surface area contributed by atoms with E-state index in [1.54, 1.807) is 78.3 Å². The third-order valence-electron chi connectivity index (χ3n) is 6.11. The fourth-order valence-electron chi connectivity index (χ4n) is 4.30. The Morgan fingerprint density at radius 3 is 2.38 bits per heavy atom. The van der Waals surface area contributed by atoms with Crippen LogP contribution < -0.4 is 10.2 Å². The second-order valence-corrected chi connectivity index (χ2v) is 8.47. The van der Waals surface area contributed by atoms with Gasteiger partial charge in [-0.1, -0.05) is 58.8 Å². The summed E-state index contributed by atoms with van der Waals surface area (Å²) in [6, 6.07) is 20.1. The molecule has 0 fully saturated rings. The van der Waals surface area contributed by atoms with Gasteiger partial charge in [-0.25, -0.2) is 10.5 Å². The molecule has 3 aromatic rings. The summed E-state index contributed by atoms with van der Waals surface area (Å²) in [5, 5.41) is 26.3.